The van der Waals surface area contributed by atoms with Crippen molar-refractivity contribution in [2.45, 2.75) is 19.6 Å². The van der Waals surface area contributed by atoms with E-state index in [9.17, 15) is 0 Å². The molecule has 0 bridgehead atoms. The van der Waals surface area contributed by atoms with Crippen molar-refractivity contribution in [1.82, 2.24) is 19.6 Å². The summed E-state index contributed by atoms with van der Waals surface area (Å²) < 4.78 is 0. The summed E-state index contributed by atoms with van der Waals surface area (Å²) in [5.74, 6) is 0. The molecule has 0 N–H and O–H groups in total. The SMILES string of the molecule is CN(C)CCN(C)C.CN(C)CCN(C)C.[CH2-][Si](C)(C)C.[Cl][Cr+][Cl].[Cl][Cr][Cl]. The van der Waals surface area contributed by atoms with Gasteiger partial charge >= 0.3 is 66.9 Å². The van der Waals surface area contributed by atoms with Crippen molar-refractivity contribution < 1.29 is 26.8 Å². The second kappa shape index (κ2) is 30.5. The third-order valence-electron chi connectivity index (χ3n) is 1.99. The molecule has 0 aliphatic rings. The Hall–Kier alpha value is 2.28. The van der Waals surface area contributed by atoms with Crippen LogP contribution in [0.1, 0.15) is 0 Å². The summed E-state index contributed by atoms with van der Waals surface area (Å²) in [6, 6.07) is 0. The van der Waals surface area contributed by atoms with Crippen molar-refractivity contribution in [3.05, 3.63) is 6.55 Å². The van der Waals surface area contributed by atoms with Gasteiger partial charge in [-0.25, -0.2) is 0 Å². The van der Waals surface area contributed by atoms with E-state index in [1.807, 2.05) is 0 Å². The van der Waals surface area contributed by atoms with Gasteiger partial charge in [0.15, 0.2) is 0 Å². The van der Waals surface area contributed by atoms with Crippen molar-refractivity contribution in [3.8, 4) is 0 Å². The Labute approximate surface area is 202 Å². The van der Waals surface area contributed by atoms with Gasteiger partial charge in [0, 0.05) is 26.2 Å². The summed E-state index contributed by atoms with van der Waals surface area (Å²) in [4.78, 5) is 8.72. The van der Waals surface area contributed by atoms with Gasteiger partial charge in [-0.05, 0) is 56.4 Å². The van der Waals surface area contributed by atoms with Crippen molar-refractivity contribution in [2.24, 2.45) is 0 Å². The molecule has 0 atom stereocenters. The van der Waals surface area contributed by atoms with Crippen molar-refractivity contribution in [2.75, 3.05) is 82.6 Å². The Balaban J connectivity index is -0.0000000796. The van der Waals surface area contributed by atoms with Crippen molar-refractivity contribution in [1.29, 1.82) is 0 Å². The molecule has 171 valence electrons. The van der Waals surface area contributed by atoms with E-state index in [4.69, 9.17) is 40.2 Å². The van der Waals surface area contributed by atoms with Gasteiger partial charge in [0.05, 0.1) is 0 Å². The normalized spacial score (nSPS) is 10.1. The Morgan fingerprint density at radius 2 is 0.741 bits per heavy atom. The van der Waals surface area contributed by atoms with Crippen LogP contribution in [0.2, 0.25) is 19.6 Å². The van der Waals surface area contributed by atoms with Crippen LogP contribution in [0.15, 0.2) is 0 Å². The van der Waals surface area contributed by atoms with Crippen LogP contribution in [0.3, 0.4) is 0 Å². The fourth-order valence-corrected chi connectivity index (χ4v) is 0.800. The molecule has 0 fully saturated rings. The van der Waals surface area contributed by atoms with Gasteiger partial charge in [0.25, 0.3) is 0 Å². The van der Waals surface area contributed by atoms with E-state index in [-0.39, 0.29) is 26.8 Å². The van der Waals surface area contributed by atoms with Crippen LogP contribution in [0, 0.1) is 6.55 Å². The number of hydrogen-bond donors (Lipinski definition) is 0. The molecule has 27 heavy (non-hydrogen) atoms. The Kier molecular flexibility index (Phi) is 44.8. The van der Waals surface area contributed by atoms with Gasteiger partial charge in [-0.15, -0.1) is 8.07 Å². The van der Waals surface area contributed by atoms with E-state index in [2.05, 4.69) is 102 Å². The molecule has 0 radical (unpaired) electrons. The quantitative estimate of drug-likeness (QED) is 0.343. The van der Waals surface area contributed by atoms with Crippen LogP contribution in [0.4, 0.5) is 0 Å². The van der Waals surface area contributed by atoms with Gasteiger partial charge in [0.1, 0.15) is 0 Å². The maximum absolute atomic E-state index is 4.83. The molecule has 0 aromatic rings. The van der Waals surface area contributed by atoms with Crippen LogP contribution in [0.5, 0.6) is 0 Å². The average molecular weight is 565 g/mol. The zero-order valence-electron chi connectivity index (χ0n) is 19.2. The van der Waals surface area contributed by atoms with Gasteiger partial charge in [-0.1, -0.05) is 19.6 Å². The minimum absolute atomic E-state index is 0.181. The van der Waals surface area contributed by atoms with E-state index in [1.165, 1.54) is 0 Å². The summed E-state index contributed by atoms with van der Waals surface area (Å²) >= 11 is -0.361. The first-order chi connectivity index (χ1) is 12.1. The number of halogens is 4. The van der Waals surface area contributed by atoms with Gasteiger partial charge in [0.2, 0.25) is 0 Å². The third-order valence-corrected chi connectivity index (χ3v) is 1.99. The topological polar surface area (TPSA) is 13.0 Å². The molecule has 0 unspecified atom stereocenters. The molecule has 0 saturated carbocycles. The zero-order valence-corrected chi connectivity index (χ0v) is 25.7. The summed E-state index contributed by atoms with van der Waals surface area (Å²) in [7, 11) is 35.1. The van der Waals surface area contributed by atoms with E-state index in [0.29, 0.717) is 0 Å². The maximum atomic E-state index is 4.83. The predicted molar refractivity (Wildman–Crippen MR) is 126 cm³/mol. The molecule has 0 heterocycles. The van der Waals surface area contributed by atoms with Gasteiger partial charge in [-0.3, -0.25) is 0 Å². The molecular weight excluding hydrogens is 522 g/mol. The third kappa shape index (κ3) is 130. The van der Waals surface area contributed by atoms with Crippen LogP contribution in [-0.4, -0.2) is 110 Å². The molecule has 0 amide bonds. The average Bonchev–Trinajstić information content (AvgIpc) is 2.43. The monoisotopic (exact) mass is 563 g/mol. The molecule has 0 saturated heterocycles. The van der Waals surface area contributed by atoms with E-state index >= 15 is 0 Å². The summed E-state index contributed by atoms with van der Waals surface area (Å²) in [5.41, 5.74) is 0. The van der Waals surface area contributed by atoms with Crippen molar-refractivity contribution in [3.63, 3.8) is 0 Å². The van der Waals surface area contributed by atoms with E-state index < -0.39 is 8.07 Å². The Morgan fingerprint density at radius 3 is 0.778 bits per heavy atom. The molecule has 0 spiro atoms. The first-order valence-electron chi connectivity index (χ1n) is 8.31. The van der Waals surface area contributed by atoms with Crippen LogP contribution >= 0.6 is 40.2 Å². The fraction of sp³-hybridized carbons (Fsp3) is 0.938. The number of nitrogens with zero attached hydrogens (tertiary/aromatic N) is 4. The number of hydrogen-bond acceptors (Lipinski definition) is 4. The molecule has 0 aromatic carbocycles. The Morgan fingerprint density at radius 1 is 0.667 bits per heavy atom. The summed E-state index contributed by atoms with van der Waals surface area (Å²) in [6.45, 7) is 15.1. The predicted octanol–water partition coefficient (Wildman–Crippen LogP) is 4.67. The minimum atomic E-state index is -0.861. The first kappa shape index (κ1) is 39.7. The standard InChI is InChI=1S/2C6H16N2.C4H11Si.4ClH.2Cr/c2*1-7(2)5-6-8(3)4;1-5(2,3)4;;;;;;/h2*5-6H2,1-4H3;1H2,2-4H3;4*1H;;/q;;-1;;;;;+2;+3/p-4. The van der Waals surface area contributed by atoms with Gasteiger partial charge < -0.3 is 26.1 Å². The molecule has 0 aromatic heterocycles. The van der Waals surface area contributed by atoms with Crippen LogP contribution < -0.4 is 0 Å². The van der Waals surface area contributed by atoms with Crippen LogP contribution in [0.25, 0.3) is 0 Å². The molecular formula is C16H43Cl4Cr2N4Si. The molecule has 11 heteroatoms. The second-order valence-corrected chi connectivity index (χ2v) is 17.2. The number of likely N-dealkylation sites (N-methyl/N-ethyl adjacent to an activating group) is 4. The van der Waals surface area contributed by atoms with Crippen molar-refractivity contribution >= 4 is 48.3 Å². The molecule has 0 aliphatic heterocycles. The molecule has 0 aliphatic carbocycles. The summed E-state index contributed by atoms with van der Waals surface area (Å²) in [6.07, 6.45) is 0. The molecule has 0 rings (SSSR count). The second-order valence-electron chi connectivity index (χ2n) is 7.89. The fourth-order valence-electron chi connectivity index (χ4n) is 0.800. The van der Waals surface area contributed by atoms with E-state index in [0.717, 1.165) is 26.2 Å². The van der Waals surface area contributed by atoms with E-state index in [1.54, 1.807) is 0 Å². The molecule has 4 nitrogen and oxygen atoms in total. The van der Waals surface area contributed by atoms with Gasteiger partial charge in [-0.2, -0.15) is 0 Å². The summed E-state index contributed by atoms with van der Waals surface area (Å²) in [5, 5.41) is 0. The first-order valence-corrected chi connectivity index (χ1v) is 19.0. The number of rotatable bonds is 6. The zero-order chi connectivity index (χ0) is 23.1. The Bertz CT molecular complexity index is 209. The van der Waals surface area contributed by atoms with Crippen LogP contribution in [-0.2, 0) is 26.8 Å².